The largest absolute Gasteiger partial charge is 0.350 e. The van der Waals surface area contributed by atoms with E-state index >= 15 is 0 Å². The summed E-state index contributed by atoms with van der Waals surface area (Å²) in [6, 6.07) is 9.34. The summed E-state index contributed by atoms with van der Waals surface area (Å²) in [7, 11) is -1.77. The fourth-order valence-electron chi connectivity index (χ4n) is 2.81. The van der Waals surface area contributed by atoms with Crippen LogP contribution >= 0.6 is 11.3 Å². The Morgan fingerprint density at radius 1 is 1.26 bits per heavy atom. The van der Waals surface area contributed by atoms with E-state index in [1.807, 2.05) is 19.1 Å². The Kier molecular flexibility index (Phi) is 5.88. The summed E-state index contributed by atoms with van der Waals surface area (Å²) in [5.74, 6) is -0.356. The SMILES string of the molecule is Cc1ccc(NS(=O)(=O)c2ccsc2C(=O)NCC(C)N(C)C2CC2)cc1. The predicted molar refractivity (Wildman–Crippen MR) is 109 cm³/mol. The first-order chi connectivity index (χ1) is 12.8. The van der Waals surface area contributed by atoms with Gasteiger partial charge in [0.05, 0.1) is 0 Å². The number of thiophene rings is 1. The van der Waals surface area contributed by atoms with E-state index in [4.69, 9.17) is 0 Å². The van der Waals surface area contributed by atoms with Gasteiger partial charge in [0.1, 0.15) is 9.77 Å². The molecule has 1 aromatic heterocycles. The highest BCUT2D eigenvalue weighted by Crippen LogP contribution is 2.27. The maximum absolute atomic E-state index is 12.7. The highest BCUT2D eigenvalue weighted by atomic mass is 32.2. The molecule has 2 aromatic rings. The topological polar surface area (TPSA) is 78.5 Å². The molecule has 0 aliphatic heterocycles. The van der Waals surface area contributed by atoms with E-state index in [0.717, 1.165) is 16.9 Å². The van der Waals surface area contributed by atoms with E-state index in [1.165, 1.54) is 18.9 Å². The Labute approximate surface area is 164 Å². The van der Waals surface area contributed by atoms with Crippen LogP contribution in [0.2, 0.25) is 0 Å². The van der Waals surface area contributed by atoms with Crippen molar-refractivity contribution in [3.8, 4) is 0 Å². The number of carbonyl (C=O) groups excluding carboxylic acids is 1. The third-order valence-electron chi connectivity index (χ3n) is 4.80. The van der Waals surface area contributed by atoms with Crippen molar-refractivity contribution < 1.29 is 13.2 Å². The van der Waals surface area contributed by atoms with Gasteiger partial charge in [-0.05, 0) is 57.3 Å². The zero-order valence-corrected chi connectivity index (χ0v) is 17.4. The Balaban J connectivity index is 1.68. The fraction of sp³-hybridized carbons (Fsp3) is 0.421. The monoisotopic (exact) mass is 407 g/mol. The Hall–Kier alpha value is -1.90. The predicted octanol–water partition coefficient (Wildman–Crippen LogP) is 3.07. The van der Waals surface area contributed by atoms with Gasteiger partial charge in [0.2, 0.25) is 0 Å². The lowest BCUT2D eigenvalue weighted by atomic mass is 10.2. The second-order valence-electron chi connectivity index (χ2n) is 7.04. The molecular weight excluding hydrogens is 382 g/mol. The molecule has 27 heavy (non-hydrogen) atoms. The van der Waals surface area contributed by atoms with Crippen molar-refractivity contribution in [2.45, 2.75) is 43.7 Å². The zero-order valence-electron chi connectivity index (χ0n) is 15.7. The molecule has 1 amide bonds. The van der Waals surface area contributed by atoms with Crippen molar-refractivity contribution in [3.05, 3.63) is 46.2 Å². The number of aryl methyl sites for hydroxylation is 1. The van der Waals surface area contributed by atoms with E-state index in [-0.39, 0.29) is 21.7 Å². The van der Waals surface area contributed by atoms with Gasteiger partial charge in [0.25, 0.3) is 15.9 Å². The van der Waals surface area contributed by atoms with Gasteiger partial charge in [-0.25, -0.2) is 8.42 Å². The van der Waals surface area contributed by atoms with Crippen LogP contribution in [0, 0.1) is 6.92 Å². The number of amides is 1. The molecule has 1 atom stereocenters. The van der Waals surface area contributed by atoms with Crippen LogP contribution in [-0.2, 0) is 10.0 Å². The average Bonchev–Trinajstić information content (AvgIpc) is 3.35. The lowest BCUT2D eigenvalue weighted by Crippen LogP contribution is -2.41. The molecule has 1 unspecified atom stereocenters. The van der Waals surface area contributed by atoms with Crippen LogP contribution in [0.5, 0.6) is 0 Å². The van der Waals surface area contributed by atoms with Crippen molar-refractivity contribution in [2.24, 2.45) is 0 Å². The standard InChI is InChI=1S/C19H25N3O3S2/c1-13-4-6-15(7-5-13)21-27(24,25)17-10-11-26-18(17)19(23)20-12-14(2)22(3)16-8-9-16/h4-7,10-11,14,16,21H,8-9,12H2,1-3H3,(H,20,23). The molecule has 1 aromatic carbocycles. The molecule has 1 aliphatic carbocycles. The van der Waals surface area contributed by atoms with Gasteiger partial charge in [-0.15, -0.1) is 11.3 Å². The lowest BCUT2D eigenvalue weighted by Gasteiger charge is -2.24. The first-order valence-corrected chi connectivity index (χ1v) is 11.3. The van der Waals surface area contributed by atoms with Crippen LogP contribution in [0.25, 0.3) is 0 Å². The summed E-state index contributed by atoms with van der Waals surface area (Å²) in [5.41, 5.74) is 1.51. The number of benzene rings is 1. The minimum absolute atomic E-state index is 0.00813. The molecule has 146 valence electrons. The zero-order chi connectivity index (χ0) is 19.6. The van der Waals surface area contributed by atoms with Crippen LogP contribution in [0.4, 0.5) is 5.69 Å². The van der Waals surface area contributed by atoms with E-state index in [0.29, 0.717) is 18.3 Å². The summed E-state index contributed by atoms with van der Waals surface area (Å²) in [6.07, 6.45) is 2.40. The molecule has 2 N–H and O–H groups in total. The van der Waals surface area contributed by atoms with Gasteiger partial charge in [0.15, 0.2) is 0 Å². The van der Waals surface area contributed by atoms with Crippen molar-refractivity contribution in [3.63, 3.8) is 0 Å². The Morgan fingerprint density at radius 2 is 1.93 bits per heavy atom. The molecule has 3 rings (SSSR count). The van der Waals surface area contributed by atoms with E-state index in [2.05, 4.69) is 28.9 Å². The number of anilines is 1. The summed E-state index contributed by atoms with van der Waals surface area (Å²) in [5, 5.41) is 4.49. The number of carbonyl (C=O) groups is 1. The smallest absolute Gasteiger partial charge is 0.263 e. The highest BCUT2D eigenvalue weighted by Gasteiger charge is 2.30. The van der Waals surface area contributed by atoms with Gasteiger partial charge in [0, 0.05) is 24.3 Å². The number of nitrogens with zero attached hydrogens (tertiary/aromatic N) is 1. The Bertz CT molecular complexity index is 903. The van der Waals surface area contributed by atoms with E-state index in [1.54, 1.807) is 17.5 Å². The number of hydrogen-bond donors (Lipinski definition) is 2. The number of sulfonamides is 1. The maximum atomic E-state index is 12.7. The minimum Gasteiger partial charge on any atom is -0.350 e. The minimum atomic E-state index is -3.83. The van der Waals surface area contributed by atoms with E-state index < -0.39 is 10.0 Å². The van der Waals surface area contributed by atoms with Gasteiger partial charge in [-0.3, -0.25) is 14.4 Å². The molecule has 0 saturated heterocycles. The molecule has 1 fully saturated rings. The van der Waals surface area contributed by atoms with Gasteiger partial charge < -0.3 is 5.32 Å². The number of likely N-dealkylation sites (N-methyl/N-ethyl adjacent to an activating group) is 1. The molecule has 8 heteroatoms. The third kappa shape index (κ3) is 4.88. The second kappa shape index (κ2) is 8.00. The van der Waals surface area contributed by atoms with Crippen LogP contribution < -0.4 is 10.0 Å². The number of rotatable bonds is 8. The molecule has 1 heterocycles. The average molecular weight is 408 g/mol. The van der Waals surface area contributed by atoms with Crippen LogP contribution in [0.15, 0.2) is 40.6 Å². The summed E-state index contributed by atoms with van der Waals surface area (Å²) >= 11 is 1.13. The highest BCUT2D eigenvalue weighted by molar-refractivity contribution is 7.93. The quantitative estimate of drug-likeness (QED) is 0.705. The van der Waals surface area contributed by atoms with Crippen LogP contribution in [0.1, 0.15) is 35.0 Å². The fourth-order valence-corrected chi connectivity index (χ4v) is 5.22. The molecule has 1 saturated carbocycles. The second-order valence-corrected chi connectivity index (χ2v) is 9.61. The van der Waals surface area contributed by atoms with Crippen molar-refractivity contribution in [1.82, 2.24) is 10.2 Å². The van der Waals surface area contributed by atoms with Gasteiger partial charge in [-0.1, -0.05) is 17.7 Å². The van der Waals surface area contributed by atoms with Crippen molar-refractivity contribution >= 4 is 33.0 Å². The molecule has 0 bridgehead atoms. The molecule has 0 spiro atoms. The Morgan fingerprint density at radius 3 is 2.56 bits per heavy atom. The number of nitrogens with one attached hydrogen (secondary N) is 2. The summed E-state index contributed by atoms with van der Waals surface area (Å²) in [6.45, 7) is 4.47. The molecule has 0 radical (unpaired) electrons. The normalized spacial score (nSPS) is 15.6. The van der Waals surface area contributed by atoms with Gasteiger partial charge in [-0.2, -0.15) is 0 Å². The van der Waals surface area contributed by atoms with Crippen molar-refractivity contribution in [2.75, 3.05) is 18.3 Å². The summed E-state index contributed by atoms with van der Waals surface area (Å²) < 4.78 is 28.0. The molecule has 1 aliphatic rings. The molecular formula is C19H25N3O3S2. The van der Waals surface area contributed by atoms with Crippen LogP contribution in [0.3, 0.4) is 0 Å². The van der Waals surface area contributed by atoms with Gasteiger partial charge >= 0.3 is 0 Å². The maximum Gasteiger partial charge on any atom is 0.263 e. The van der Waals surface area contributed by atoms with Crippen molar-refractivity contribution in [1.29, 1.82) is 0 Å². The molecule has 6 nitrogen and oxygen atoms in total. The summed E-state index contributed by atoms with van der Waals surface area (Å²) in [4.78, 5) is 15.0. The van der Waals surface area contributed by atoms with Crippen LogP contribution in [-0.4, -0.2) is 44.9 Å². The van der Waals surface area contributed by atoms with E-state index in [9.17, 15) is 13.2 Å². The third-order valence-corrected chi connectivity index (χ3v) is 7.27. The number of hydrogen-bond acceptors (Lipinski definition) is 5. The lowest BCUT2D eigenvalue weighted by molar-refractivity contribution is 0.0940. The first-order valence-electron chi connectivity index (χ1n) is 8.95. The first kappa shape index (κ1) is 19.9.